The average molecular weight is 481 g/mol. The molecule has 4 atom stereocenters. The standard InChI is InChI=1S/C23H18F2N6O2S/c24-18-5-14(31-9-15(33-22(31)32)8-30-4-3-28-29-30)6-19(25)21(18)13-1-2-20(27-7-13)23(12-26)16-10-34-11-17(16)23/h1-7,15-17H,8-11H2/t15-,16-,17+,23+/m0/s1. The minimum Gasteiger partial charge on any atom is -0.442 e. The third kappa shape index (κ3) is 3.16. The second-order valence-corrected chi connectivity index (χ2v) is 9.76. The van der Waals surface area contributed by atoms with Crippen LogP contribution in [-0.2, 0) is 16.7 Å². The lowest BCUT2D eigenvalue weighted by Gasteiger charge is -2.16. The van der Waals surface area contributed by atoms with Crippen LogP contribution in [0.15, 0.2) is 42.9 Å². The van der Waals surface area contributed by atoms with Crippen LogP contribution >= 0.6 is 11.8 Å². The van der Waals surface area contributed by atoms with E-state index in [4.69, 9.17) is 4.74 Å². The van der Waals surface area contributed by atoms with Gasteiger partial charge in [0.05, 0.1) is 42.3 Å². The van der Waals surface area contributed by atoms with Gasteiger partial charge in [-0.1, -0.05) is 11.3 Å². The highest BCUT2D eigenvalue weighted by Crippen LogP contribution is 2.65. The summed E-state index contributed by atoms with van der Waals surface area (Å²) in [5.41, 5.74) is 0.188. The van der Waals surface area contributed by atoms with E-state index in [1.54, 1.807) is 18.3 Å². The number of hydrogen-bond donors (Lipinski definition) is 0. The molecule has 0 bridgehead atoms. The molecule has 4 heterocycles. The van der Waals surface area contributed by atoms with Crippen LogP contribution in [0.4, 0.5) is 19.3 Å². The summed E-state index contributed by atoms with van der Waals surface area (Å²) in [6.07, 6.45) is 3.35. The Kier molecular flexibility index (Phi) is 4.81. The average Bonchev–Trinajstić information content (AvgIpc) is 3.34. The highest BCUT2D eigenvalue weighted by atomic mass is 32.2. The number of anilines is 1. The van der Waals surface area contributed by atoms with Gasteiger partial charge < -0.3 is 4.74 Å². The smallest absolute Gasteiger partial charge is 0.414 e. The Morgan fingerprint density at radius 3 is 2.62 bits per heavy atom. The van der Waals surface area contributed by atoms with E-state index < -0.39 is 29.2 Å². The van der Waals surface area contributed by atoms with Crippen molar-refractivity contribution in [3.05, 3.63) is 60.2 Å². The number of cyclic esters (lactones) is 1. The number of nitriles is 1. The number of nitrogens with zero attached hydrogens (tertiary/aromatic N) is 6. The van der Waals surface area contributed by atoms with Gasteiger partial charge in [-0.2, -0.15) is 17.0 Å². The Hall–Kier alpha value is -3.52. The van der Waals surface area contributed by atoms with Gasteiger partial charge in [-0.25, -0.2) is 18.3 Å². The number of pyridine rings is 1. The molecule has 3 fully saturated rings. The van der Waals surface area contributed by atoms with E-state index in [2.05, 4.69) is 21.4 Å². The van der Waals surface area contributed by atoms with Gasteiger partial charge in [-0.05, 0) is 41.5 Å². The maximum Gasteiger partial charge on any atom is 0.414 e. The number of hydrogen-bond acceptors (Lipinski definition) is 7. The van der Waals surface area contributed by atoms with E-state index >= 15 is 8.78 Å². The van der Waals surface area contributed by atoms with Gasteiger partial charge in [0.2, 0.25) is 0 Å². The van der Waals surface area contributed by atoms with Crippen molar-refractivity contribution in [2.24, 2.45) is 11.8 Å². The van der Waals surface area contributed by atoms with E-state index in [9.17, 15) is 10.1 Å². The summed E-state index contributed by atoms with van der Waals surface area (Å²) in [5.74, 6) is 0.832. The number of benzene rings is 1. The van der Waals surface area contributed by atoms with E-state index in [1.165, 1.54) is 22.0 Å². The maximum atomic E-state index is 15.1. The normalized spacial score (nSPS) is 27.4. The predicted molar refractivity (Wildman–Crippen MR) is 119 cm³/mol. The Morgan fingerprint density at radius 2 is 2.00 bits per heavy atom. The zero-order valence-corrected chi connectivity index (χ0v) is 18.6. The third-order valence-corrected chi connectivity index (χ3v) is 8.07. The Bertz CT molecular complexity index is 1280. The van der Waals surface area contributed by atoms with Crippen LogP contribution in [0.5, 0.6) is 0 Å². The first kappa shape index (κ1) is 21.0. The van der Waals surface area contributed by atoms with E-state index in [0.29, 0.717) is 17.5 Å². The summed E-state index contributed by atoms with van der Waals surface area (Å²) < 4.78 is 36.9. The summed E-state index contributed by atoms with van der Waals surface area (Å²) in [6, 6.07) is 7.96. The number of carbonyl (C=O) groups excluding carboxylic acids is 1. The quantitative estimate of drug-likeness (QED) is 0.552. The monoisotopic (exact) mass is 480 g/mol. The van der Waals surface area contributed by atoms with Gasteiger partial charge >= 0.3 is 6.09 Å². The topological polar surface area (TPSA) is 96.9 Å². The fourth-order valence-corrected chi connectivity index (χ4v) is 6.74. The molecule has 0 unspecified atom stereocenters. The van der Waals surface area contributed by atoms with Crippen molar-refractivity contribution in [2.45, 2.75) is 18.1 Å². The molecule has 11 heteroatoms. The zero-order valence-electron chi connectivity index (χ0n) is 17.8. The second-order valence-electron chi connectivity index (χ2n) is 8.69. The van der Waals surface area contributed by atoms with Crippen molar-refractivity contribution in [3.63, 3.8) is 0 Å². The molecule has 1 saturated carbocycles. The molecule has 0 spiro atoms. The molecule has 1 aromatic carbocycles. The minimum absolute atomic E-state index is 0.0705. The van der Waals surface area contributed by atoms with Gasteiger partial charge in [0.25, 0.3) is 0 Å². The molecule has 2 saturated heterocycles. The first-order valence-corrected chi connectivity index (χ1v) is 11.9. The van der Waals surface area contributed by atoms with Crippen LogP contribution in [0.25, 0.3) is 11.1 Å². The maximum absolute atomic E-state index is 15.1. The van der Waals surface area contributed by atoms with E-state index in [-0.39, 0.29) is 29.9 Å². The number of ether oxygens (including phenoxy) is 1. The number of halogens is 2. The van der Waals surface area contributed by atoms with Crippen molar-refractivity contribution < 1.29 is 18.3 Å². The SMILES string of the molecule is N#C[C@]1(c2ccc(-c3c(F)cc(N4C[C@H](Cn5ccnn5)OC4=O)cc3F)cn2)[C@@H]2CSC[C@@H]21. The first-order chi connectivity index (χ1) is 16.5. The van der Waals surface area contributed by atoms with Crippen molar-refractivity contribution in [2.75, 3.05) is 23.0 Å². The molecule has 3 aromatic rings. The van der Waals surface area contributed by atoms with Crippen LogP contribution < -0.4 is 4.90 Å². The molecule has 2 aromatic heterocycles. The fraction of sp³-hybridized carbons (Fsp3) is 0.348. The lowest BCUT2D eigenvalue weighted by Crippen LogP contribution is -2.26. The minimum atomic E-state index is -0.813. The van der Waals surface area contributed by atoms with Gasteiger partial charge in [-0.3, -0.25) is 9.88 Å². The van der Waals surface area contributed by atoms with Crippen molar-refractivity contribution >= 4 is 23.5 Å². The van der Waals surface area contributed by atoms with Crippen LogP contribution in [0, 0.1) is 34.8 Å². The van der Waals surface area contributed by atoms with Crippen LogP contribution in [0.1, 0.15) is 5.69 Å². The van der Waals surface area contributed by atoms with E-state index in [0.717, 1.165) is 23.6 Å². The van der Waals surface area contributed by atoms with E-state index in [1.807, 2.05) is 11.8 Å². The molecule has 0 N–H and O–H groups in total. The summed E-state index contributed by atoms with van der Waals surface area (Å²) in [4.78, 5) is 17.9. The lowest BCUT2D eigenvalue weighted by atomic mass is 9.97. The van der Waals surface area contributed by atoms with Gasteiger partial charge in [0.1, 0.15) is 23.2 Å². The van der Waals surface area contributed by atoms with Crippen molar-refractivity contribution in [1.82, 2.24) is 20.0 Å². The fourth-order valence-electron chi connectivity index (χ4n) is 5.10. The Labute approximate surface area is 197 Å². The molecule has 34 heavy (non-hydrogen) atoms. The van der Waals surface area contributed by atoms with Crippen molar-refractivity contribution in [3.8, 4) is 17.2 Å². The highest BCUT2D eigenvalue weighted by molar-refractivity contribution is 7.99. The molecular formula is C23H18F2N6O2S. The van der Waals surface area contributed by atoms with Crippen molar-refractivity contribution in [1.29, 1.82) is 5.26 Å². The second kappa shape index (κ2) is 7.77. The molecular weight excluding hydrogens is 462 g/mol. The molecule has 8 nitrogen and oxygen atoms in total. The predicted octanol–water partition coefficient (Wildman–Crippen LogP) is 3.40. The number of rotatable bonds is 5. The molecule has 0 radical (unpaired) electrons. The van der Waals surface area contributed by atoms with Gasteiger partial charge in [0, 0.05) is 18.0 Å². The van der Waals surface area contributed by atoms with Crippen LogP contribution in [-0.4, -0.2) is 50.2 Å². The summed E-state index contributed by atoms with van der Waals surface area (Å²) in [5, 5.41) is 17.3. The molecule has 3 aliphatic rings. The number of amides is 1. The number of fused-ring (bicyclic) bond motifs is 1. The first-order valence-electron chi connectivity index (χ1n) is 10.8. The Morgan fingerprint density at radius 1 is 1.24 bits per heavy atom. The molecule has 2 aliphatic heterocycles. The summed E-state index contributed by atoms with van der Waals surface area (Å²) in [6.45, 7) is 0.415. The summed E-state index contributed by atoms with van der Waals surface area (Å²) >= 11 is 1.84. The van der Waals surface area contributed by atoms with Crippen LogP contribution in [0.3, 0.4) is 0 Å². The third-order valence-electron chi connectivity index (χ3n) is 6.88. The largest absolute Gasteiger partial charge is 0.442 e. The number of aromatic nitrogens is 4. The number of thioether (sulfide) groups is 1. The molecule has 172 valence electrons. The summed E-state index contributed by atoms with van der Waals surface area (Å²) in [7, 11) is 0. The van der Waals surface area contributed by atoms with Crippen LogP contribution in [0.2, 0.25) is 0 Å². The van der Waals surface area contributed by atoms with Gasteiger partial charge in [0.15, 0.2) is 0 Å². The van der Waals surface area contributed by atoms with Gasteiger partial charge in [-0.15, -0.1) is 5.10 Å². The lowest BCUT2D eigenvalue weighted by molar-refractivity contribution is 0.129. The Balaban J connectivity index is 1.24. The highest BCUT2D eigenvalue weighted by Gasteiger charge is 2.69. The molecule has 1 amide bonds. The molecule has 1 aliphatic carbocycles. The molecule has 6 rings (SSSR count). The number of carbonyl (C=O) groups is 1. The zero-order chi connectivity index (χ0) is 23.4.